The lowest BCUT2D eigenvalue weighted by Crippen LogP contribution is -2.44. The first kappa shape index (κ1) is 49.0. The molecule has 0 fully saturated rings. The quantitative estimate of drug-likeness (QED) is 0.0905. The highest BCUT2D eigenvalue weighted by Crippen LogP contribution is 2.18. The van der Waals surface area contributed by atoms with Gasteiger partial charge in [0.05, 0.1) is 13.2 Å². The zero-order valence-corrected chi connectivity index (χ0v) is 34.2. The number of thioether (sulfide) groups is 2. The van der Waals surface area contributed by atoms with Gasteiger partial charge in [-0.1, -0.05) is 88.4 Å². The highest BCUT2D eigenvalue weighted by molar-refractivity contribution is 7.99. The molecule has 8 heteroatoms. The molecule has 5 atom stereocenters. The molecule has 2 aromatic carbocycles. The number of hydrogen-bond donors (Lipinski definition) is 4. The Morgan fingerprint density at radius 1 is 0.750 bits per heavy atom. The first-order valence-electron chi connectivity index (χ1n) is 18.3. The largest absolute Gasteiger partial charge is 0.381 e. The maximum absolute atomic E-state index is 6.21. The van der Waals surface area contributed by atoms with Crippen LogP contribution in [0.15, 0.2) is 60.7 Å². The monoisotopic (exact) mass is 709 g/mol. The molecule has 48 heavy (non-hydrogen) atoms. The number of benzene rings is 2. The Kier molecular flexibility index (Phi) is 35.1. The molecular weight excluding hydrogens is 633 g/mol. The molecule has 6 nitrogen and oxygen atoms in total. The molecule has 0 saturated carbocycles. The SMILES string of the molecule is CCC(C)c1ccccc1.CCC(C)c1ccccc1.CCOCCSCC(C)(N)CC(C)NC.CCOCCSCC(N)CCNC. The van der Waals surface area contributed by atoms with Crippen molar-refractivity contribution < 1.29 is 9.47 Å². The number of ether oxygens (including phenoxy) is 2. The van der Waals surface area contributed by atoms with E-state index in [1.54, 1.807) is 0 Å². The average Bonchev–Trinajstić information content (AvgIpc) is 3.11. The minimum absolute atomic E-state index is 0.0840. The summed E-state index contributed by atoms with van der Waals surface area (Å²) in [6.07, 6.45) is 4.51. The third kappa shape index (κ3) is 30.9. The summed E-state index contributed by atoms with van der Waals surface area (Å²) in [5, 5.41) is 6.31. The van der Waals surface area contributed by atoms with E-state index in [4.69, 9.17) is 20.9 Å². The van der Waals surface area contributed by atoms with Crippen LogP contribution < -0.4 is 22.1 Å². The van der Waals surface area contributed by atoms with Crippen LogP contribution in [-0.2, 0) is 9.47 Å². The van der Waals surface area contributed by atoms with Gasteiger partial charge in [0.1, 0.15) is 0 Å². The molecule has 0 spiro atoms. The summed E-state index contributed by atoms with van der Waals surface area (Å²) in [5.74, 6) is 5.54. The topological polar surface area (TPSA) is 94.6 Å². The van der Waals surface area contributed by atoms with Crippen molar-refractivity contribution >= 4 is 23.5 Å². The van der Waals surface area contributed by atoms with Gasteiger partial charge in [0.2, 0.25) is 0 Å². The molecule has 0 saturated heterocycles. The third-order valence-electron chi connectivity index (χ3n) is 7.91. The van der Waals surface area contributed by atoms with Gasteiger partial charge in [0.25, 0.3) is 0 Å². The molecule has 6 N–H and O–H groups in total. The van der Waals surface area contributed by atoms with Gasteiger partial charge >= 0.3 is 0 Å². The van der Waals surface area contributed by atoms with Crippen molar-refractivity contribution in [2.45, 2.75) is 111 Å². The van der Waals surface area contributed by atoms with Gasteiger partial charge in [0, 0.05) is 53.8 Å². The molecular formula is C40H76N4O2S2. The normalized spacial score (nSPS) is 14.4. The zero-order chi connectivity index (χ0) is 36.5. The van der Waals surface area contributed by atoms with Crippen LogP contribution in [0.5, 0.6) is 0 Å². The highest BCUT2D eigenvalue weighted by atomic mass is 32.2. The fraction of sp³-hybridized carbons (Fsp3) is 0.700. The standard InChI is InChI=1S/C11H26N2OS.2C10H14.C9H22N2OS/c1-5-14-6-7-15-9-11(3,12)8-10(2)13-4;2*1-3-9(2)10-7-5-4-6-8-10;1-3-12-6-7-13-8-9(10)4-5-11-2/h10,13H,5-9,12H2,1-4H3;2*4-9H,3H2,1-2H3;9,11H,3-8,10H2,1-2H3. The van der Waals surface area contributed by atoms with Gasteiger partial charge in [-0.3, -0.25) is 0 Å². The molecule has 0 aromatic heterocycles. The summed E-state index contributed by atoms with van der Waals surface area (Å²) < 4.78 is 10.5. The predicted molar refractivity (Wildman–Crippen MR) is 220 cm³/mol. The minimum Gasteiger partial charge on any atom is -0.381 e. The predicted octanol–water partition coefficient (Wildman–Crippen LogP) is 8.56. The summed E-state index contributed by atoms with van der Waals surface area (Å²) >= 11 is 3.75. The molecule has 0 bridgehead atoms. The first-order chi connectivity index (χ1) is 23.0. The van der Waals surface area contributed by atoms with Gasteiger partial charge in [-0.15, -0.1) is 0 Å². The molecule has 0 aliphatic carbocycles. The maximum Gasteiger partial charge on any atom is 0.0556 e. The molecule has 280 valence electrons. The van der Waals surface area contributed by atoms with E-state index in [1.165, 1.54) is 24.0 Å². The Balaban J connectivity index is 0. The van der Waals surface area contributed by atoms with Crippen molar-refractivity contribution in [1.29, 1.82) is 0 Å². The van der Waals surface area contributed by atoms with Crippen molar-refractivity contribution in [3.63, 3.8) is 0 Å². The number of nitrogens with two attached hydrogens (primary N) is 2. The van der Waals surface area contributed by atoms with Crippen LogP contribution in [0.25, 0.3) is 0 Å². The smallest absolute Gasteiger partial charge is 0.0556 e. The van der Waals surface area contributed by atoms with Crippen molar-refractivity contribution in [3.05, 3.63) is 71.8 Å². The van der Waals surface area contributed by atoms with E-state index in [0.29, 0.717) is 23.9 Å². The van der Waals surface area contributed by atoms with Crippen molar-refractivity contribution in [2.75, 3.05) is 70.1 Å². The summed E-state index contributed by atoms with van der Waals surface area (Å²) in [5.41, 5.74) is 14.9. The van der Waals surface area contributed by atoms with Crippen LogP contribution in [-0.4, -0.2) is 87.7 Å². The summed E-state index contributed by atoms with van der Waals surface area (Å²) in [6.45, 7) is 21.6. The minimum atomic E-state index is -0.0840. The third-order valence-corrected chi connectivity index (χ3v) is 10.3. The summed E-state index contributed by atoms with van der Waals surface area (Å²) in [6, 6.07) is 22.1. The molecule has 0 heterocycles. The van der Waals surface area contributed by atoms with Crippen LogP contribution in [0.2, 0.25) is 0 Å². The molecule has 5 unspecified atom stereocenters. The fourth-order valence-corrected chi connectivity index (χ4v) is 6.21. The number of rotatable bonds is 22. The Hall–Kier alpha value is -1.10. The molecule has 0 aliphatic heterocycles. The first-order valence-corrected chi connectivity index (χ1v) is 20.6. The fourth-order valence-electron chi connectivity index (χ4n) is 4.37. The van der Waals surface area contributed by atoms with Gasteiger partial charge in [-0.2, -0.15) is 23.5 Å². The lowest BCUT2D eigenvalue weighted by molar-refractivity contribution is 0.164. The van der Waals surface area contributed by atoms with Gasteiger partial charge in [0.15, 0.2) is 0 Å². The van der Waals surface area contributed by atoms with E-state index in [9.17, 15) is 0 Å². The molecule has 0 aliphatic rings. The Bertz CT molecular complexity index is 863. The van der Waals surface area contributed by atoms with Crippen molar-refractivity contribution in [1.82, 2.24) is 10.6 Å². The zero-order valence-electron chi connectivity index (χ0n) is 32.6. The summed E-state index contributed by atoms with van der Waals surface area (Å²) in [4.78, 5) is 0. The van der Waals surface area contributed by atoms with E-state index in [2.05, 4.69) is 113 Å². The molecule has 0 amide bonds. The molecule has 0 radical (unpaired) electrons. The van der Waals surface area contributed by atoms with Gasteiger partial charge in [-0.25, -0.2) is 0 Å². The summed E-state index contributed by atoms with van der Waals surface area (Å²) in [7, 11) is 3.93. The Morgan fingerprint density at radius 3 is 1.60 bits per heavy atom. The molecule has 2 rings (SSSR count). The second-order valence-corrected chi connectivity index (χ2v) is 14.9. The second kappa shape index (κ2) is 34.4. The average molecular weight is 709 g/mol. The van der Waals surface area contributed by atoms with Crippen LogP contribution in [0.1, 0.15) is 104 Å². The van der Waals surface area contributed by atoms with E-state index in [1.807, 2.05) is 51.5 Å². The number of nitrogens with one attached hydrogen (secondary N) is 2. The van der Waals surface area contributed by atoms with Crippen molar-refractivity contribution in [2.24, 2.45) is 11.5 Å². The van der Waals surface area contributed by atoms with Crippen LogP contribution >= 0.6 is 23.5 Å². The van der Waals surface area contributed by atoms with E-state index in [0.717, 1.165) is 68.8 Å². The highest BCUT2D eigenvalue weighted by Gasteiger charge is 2.20. The maximum atomic E-state index is 6.21. The Labute approximate surface area is 306 Å². The Morgan fingerprint density at radius 2 is 1.21 bits per heavy atom. The van der Waals surface area contributed by atoms with Gasteiger partial charge in [-0.05, 0) is 97.0 Å². The second-order valence-electron chi connectivity index (χ2n) is 12.7. The van der Waals surface area contributed by atoms with Crippen LogP contribution in [0.4, 0.5) is 0 Å². The van der Waals surface area contributed by atoms with E-state index < -0.39 is 0 Å². The lowest BCUT2D eigenvalue weighted by atomic mass is 9.97. The molecule has 2 aromatic rings. The number of hydrogen-bond acceptors (Lipinski definition) is 8. The van der Waals surface area contributed by atoms with Crippen LogP contribution in [0, 0.1) is 0 Å². The van der Waals surface area contributed by atoms with Crippen LogP contribution in [0.3, 0.4) is 0 Å². The van der Waals surface area contributed by atoms with E-state index >= 15 is 0 Å². The lowest BCUT2D eigenvalue weighted by Gasteiger charge is -2.27. The van der Waals surface area contributed by atoms with Gasteiger partial charge < -0.3 is 31.6 Å². The van der Waals surface area contributed by atoms with Crippen molar-refractivity contribution in [3.8, 4) is 0 Å². The van der Waals surface area contributed by atoms with E-state index in [-0.39, 0.29) is 5.54 Å².